The average molecular weight is 448 g/mol. The minimum absolute atomic E-state index is 0.0353. The van der Waals surface area contributed by atoms with Crippen LogP contribution in [0.15, 0.2) is 53.5 Å². The number of nitrogens with zero attached hydrogens (tertiary/aromatic N) is 1. The van der Waals surface area contributed by atoms with E-state index in [-0.39, 0.29) is 22.5 Å². The number of amidine groups is 1. The quantitative estimate of drug-likeness (QED) is 0.606. The first-order valence-corrected chi connectivity index (χ1v) is 8.33. The van der Waals surface area contributed by atoms with E-state index in [0.717, 1.165) is 0 Å². The normalized spacial score (nSPS) is 18.2. The molecule has 1 aliphatic heterocycles. The van der Waals surface area contributed by atoms with Crippen molar-refractivity contribution in [3.05, 3.63) is 70.8 Å². The summed E-state index contributed by atoms with van der Waals surface area (Å²) in [5.74, 6) is -4.22. The van der Waals surface area contributed by atoms with Gasteiger partial charge in [0, 0.05) is 12.0 Å². The fourth-order valence-electron chi connectivity index (χ4n) is 2.91. The fourth-order valence-corrected chi connectivity index (χ4v) is 2.91. The molecule has 1 unspecified atom stereocenters. The lowest BCUT2D eigenvalue weighted by atomic mass is 9.79. The van der Waals surface area contributed by atoms with Gasteiger partial charge in [-0.3, -0.25) is 0 Å². The topological polar surface area (TPSA) is 113 Å². The number of carboxylic acids is 2. The van der Waals surface area contributed by atoms with E-state index in [2.05, 4.69) is 4.99 Å². The predicted octanol–water partition coefficient (Wildman–Crippen LogP) is 3.74. The summed E-state index contributed by atoms with van der Waals surface area (Å²) in [6.45, 7) is 0. The summed E-state index contributed by atoms with van der Waals surface area (Å²) in [5.41, 5.74) is 3.67. The molecule has 0 saturated heterocycles. The Bertz CT molecular complexity index is 1020. The summed E-state index contributed by atoms with van der Waals surface area (Å²) in [5, 5.41) is 16.2. The SMILES string of the molecule is NC1=NC(c2ccccc2)(C(F)(F)F)Cc2cc(C(=O)O)ccc21.O=C(O)C(F)(F)F. The van der Waals surface area contributed by atoms with Crippen LogP contribution >= 0.6 is 0 Å². The standard InChI is InChI=1S/C17H13F3N2O2.C2HF3O2/c18-17(19,20)16(12-4-2-1-3-5-12)9-11-8-10(15(23)24)6-7-13(11)14(21)22-16;3-2(4,5)1(6)7/h1-8H,9H2,(H2,21,22)(H,23,24);(H,6,7). The highest BCUT2D eigenvalue weighted by molar-refractivity contribution is 6.01. The number of hydrogen-bond donors (Lipinski definition) is 3. The van der Waals surface area contributed by atoms with Crippen LogP contribution in [0.3, 0.4) is 0 Å². The van der Waals surface area contributed by atoms with E-state index < -0.39 is 36.3 Å². The highest BCUT2D eigenvalue weighted by Gasteiger charge is 2.57. The van der Waals surface area contributed by atoms with Crippen molar-refractivity contribution in [1.29, 1.82) is 0 Å². The van der Waals surface area contributed by atoms with Gasteiger partial charge in [-0.15, -0.1) is 0 Å². The molecule has 0 aromatic heterocycles. The Hall–Kier alpha value is -3.57. The third kappa shape index (κ3) is 4.95. The van der Waals surface area contributed by atoms with E-state index in [1.165, 1.54) is 42.5 Å². The van der Waals surface area contributed by atoms with Gasteiger partial charge < -0.3 is 15.9 Å². The van der Waals surface area contributed by atoms with Crippen LogP contribution < -0.4 is 5.73 Å². The Morgan fingerprint density at radius 2 is 1.52 bits per heavy atom. The lowest BCUT2D eigenvalue weighted by Gasteiger charge is -2.36. The molecule has 0 bridgehead atoms. The van der Waals surface area contributed by atoms with Gasteiger partial charge in [-0.1, -0.05) is 36.4 Å². The Labute approximate surface area is 170 Å². The molecule has 2 aromatic rings. The predicted molar refractivity (Wildman–Crippen MR) is 95.7 cm³/mol. The molecule has 4 N–H and O–H groups in total. The maximum atomic E-state index is 13.9. The van der Waals surface area contributed by atoms with Crippen LogP contribution in [0.1, 0.15) is 27.0 Å². The van der Waals surface area contributed by atoms with Crippen molar-refractivity contribution in [1.82, 2.24) is 0 Å². The number of benzene rings is 2. The molecule has 2 aromatic carbocycles. The molecule has 0 fully saturated rings. The zero-order valence-electron chi connectivity index (χ0n) is 15.3. The molecule has 12 heteroatoms. The number of rotatable bonds is 2. The number of carboxylic acid groups (broad SMARTS) is 2. The number of carbonyl (C=O) groups is 2. The molecule has 0 radical (unpaired) electrons. The van der Waals surface area contributed by atoms with Crippen molar-refractivity contribution in [2.24, 2.45) is 10.7 Å². The summed E-state index contributed by atoms with van der Waals surface area (Å²) < 4.78 is 73.5. The summed E-state index contributed by atoms with van der Waals surface area (Å²) in [6, 6.07) is 11.2. The maximum Gasteiger partial charge on any atom is 0.490 e. The first-order valence-electron chi connectivity index (χ1n) is 8.33. The lowest BCUT2D eigenvalue weighted by molar-refractivity contribution is -0.192. The molecule has 6 nitrogen and oxygen atoms in total. The van der Waals surface area contributed by atoms with Crippen molar-refractivity contribution >= 4 is 17.8 Å². The number of aliphatic imine (C=N–C) groups is 1. The van der Waals surface area contributed by atoms with Gasteiger partial charge in [0.25, 0.3) is 0 Å². The Kier molecular flexibility index (Phi) is 6.33. The van der Waals surface area contributed by atoms with Gasteiger partial charge in [0.2, 0.25) is 0 Å². The molecule has 0 amide bonds. The number of fused-ring (bicyclic) bond motifs is 1. The second kappa shape index (κ2) is 8.28. The van der Waals surface area contributed by atoms with Crippen molar-refractivity contribution in [3.8, 4) is 0 Å². The highest BCUT2D eigenvalue weighted by Crippen LogP contribution is 2.47. The van der Waals surface area contributed by atoms with Gasteiger partial charge in [-0.05, 0) is 23.3 Å². The molecule has 0 spiro atoms. The second-order valence-corrected chi connectivity index (χ2v) is 6.38. The highest BCUT2D eigenvalue weighted by atomic mass is 19.4. The van der Waals surface area contributed by atoms with Gasteiger partial charge in [-0.25, -0.2) is 14.6 Å². The van der Waals surface area contributed by atoms with E-state index in [9.17, 15) is 31.1 Å². The molecule has 31 heavy (non-hydrogen) atoms. The Morgan fingerprint density at radius 3 is 1.97 bits per heavy atom. The van der Waals surface area contributed by atoms with Gasteiger partial charge in [-0.2, -0.15) is 26.3 Å². The van der Waals surface area contributed by atoms with E-state index in [4.69, 9.17) is 20.7 Å². The fraction of sp³-hybridized carbons (Fsp3) is 0.211. The Morgan fingerprint density at radius 1 is 0.968 bits per heavy atom. The van der Waals surface area contributed by atoms with Crippen LogP contribution in [0.2, 0.25) is 0 Å². The molecule has 166 valence electrons. The largest absolute Gasteiger partial charge is 0.490 e. The van der Waals surface area contributed by atoms with E-state index in [1.54, 1.807) is 6.07 Å². The third-order valence-corrected chi connectivity index (χ3v) is 4.35. The Balaban J connectivity index is 0.000000423. The summed E-state index contributed by atoms with van der Waals surface area (Å²) >= 11 is 0. The van der Waals surface area contributed by atoms with Crippen LogP contribution in [-0.4, -0.2) is 40.3 Å². The van der Waals surface area contributed by atoms with Crippen LogP contribution in [0.25, 0.3) is 0 Å². The molecule has 1 atom stereocenters. The first kappa shape index (κ1) is 23.7. The number of aromatic carboxylic acids is 1. The maximum absolute atomic E-state index is 13.9. The lowest BCUT2D eigenvalue weighted by Crippen LogP contribution is -2.47. The summed E-state index contributed by atoms with van der Waals surface area (Å²) in [6.07, 6.45) is -10.3. The van der Waals surface area contributed by atoms with Gasteiger partial charge in [0.15, 0.2) is 5.54 Å². The zero-order chi connectivity index (χ0) is 23.6. The van der Waals surface area contributed by atoms with Crippen LogP contribution in [0.4, 0.5) is 26.3 Å². The smallest absolute Gasteiger partial charge is 0.478 e. The van der Waals surface area contributed by atoms with Crippen molar-refractivity contribution < 1.29 is 46.1 Å². The minimum Gasteiger partial charge on any atom is -0.478 e. The summed E-state index contributed by atoms with van der Waals surface area (Å²) in [4.78, 5) is 23.8. The monoisotopic (exact) mass is 448 g/mol. The van der Waals surface area contributed by atoms with E-state index in [1.807, 2.05) is 0 Å². The average Bonchev–Trinajstić information content (AvgIpc) is 2.67. The summed E-state index contributed by atoms with van der Waals surface area (Å²) in [7, 11) is 0. The van der Waals surface area contributed by atoms with Crippen LogP contribution in [-0.2, 0) is 16.8 Å². The number of alkyl halides is 6. The van der Waals surface area contributed by atoms with Crippen molar-refractivity contribution in [2.75, 3.05) is 0 Å². The number of aliphatic carboxylic acids is 1. The van der Waals surface area contributed by atoms with Crippen LogP contribution in [0, 0.1) is 0 Å². The van der Waals surface area contributed by atoms with Gasteiger partial charge >= 0.3 is 24.3 Å². The molecular weight excluding hydrogens is 434 g/mol. The minimum atomic E-state index is -5.08. The molecule has 0 aliphatic carbocycles. The molecule has 1 aliphatic rings. The number of halogens is 6. The zero-order valence-corrected chi connectivity index (χ0v) is 15.3. The van der Waals surface area contributed by atoms with E-state index >= 15 is 0 Å². The number of nitrogens with two attached hydrogens (primary N) is 1. The molecule has 3 rings (SSSR count). The van der Waals surface area contributed by atoms with Crippen molar-refractivity contribution in [2.45, 2.75) is 24.3 Å². The van der Waals surface area contributed by atoms with Gasteiger partial charge in [0.1, 0.15) is 5.84 Å². The second-order valence-electron chi connectivity index (χ2n) is 6.38. The van der Waals surface area contributed by atoms with Gasteiger partial charge in [0.05, 0.1) is 5.56 Å². The first-order chi connectivity index (χ1) is 14.2. The molecule has 1 heterocycles. The van der Waals surface area contributed by atoms with Crippen molar-refractivity contribution in [3.63, 3.8) is 0 Å². The molecule has 0 saturated carbocycles. The number of hydrogen-bond acceptors (Lipinski definition) is 4. The van der Waals surface area contributed by atoms with E-state index in [0.29, 0.717) is 5.56 Å². The molecular formula is C19H14F6N2O4. The van der Waals surface area contributed by atoms with Crippen LogP contribution in [0.5, 0.6) is 0 Å². The third-order valence-electron chi connectivity index (χ3n) is 4.35.